The molecule has 0 aliphatic carbocycles. The lowest BCUT2D eigenvalue weighted by atomic mass is 10.2. The van der Waals surface area contributed by atoms with Crippen LogP contribution in [0.2, 0.25) is 24.7 Å². The zero-order valence-corrected chi connectivity index (χ0v) is 25.3. The number of sulfone groups is 1. The lowest BCUT2D eigenvalue weighted by Gasteiger charge is -2.43. The van der Waals surface area contributed by atoms with Crippen molar-refractivity contribution in [3.05, 3.63) is 91.0 Å². The van der Waals surface area contributed by atoms with Gasteiger partial charge >= 0.3 is 0 Å². The van der Waals surface area contributed by atoms with Crippen LogP contribution >= 0.6 is 0 Å². The molecule has 1 heterocycles. The average Bonchev–Trinajstić information content (AvgIpc) is 3.59. The smallest absolute Gasteiger partial charge is 0.264 e. The van der Waals surface area contributed by atoms with E-state index in [-0.39, 0.29) is 16.5 Å². The Hall–Kier alpha value is -2.48. The first-order chi connectivity index (χ1) is 17.3. The first kappa shape index (κ1) is 27.6. The van der Waals surface area contributed by atoms with Gasteiger partial charge in [-0.2, -0.15) is 0 Å². The first-order valence-corrected chi connectivity index (χ1v) is 19.5. The highest BCUT2D eigenvalue weighted by Gasteiger charge is 2.67. The molecule has 1 aliphatic heterocycles. The number of benzene rings is 3. The van der Waals surface area contributed by atoms with Crippen molar-refractivity contribution in [1.82, 2.24) is 0 Å². The monoisotopic (exact) mass is 548 g/mol. The van der Waals surface area contributed by atoms with Crippen molar-refractivity contribution in [2.45, 2.75) is 61.4 Å². The van der Waals surface area contributed by atoms with Gasteiger partial charge in [0, 0.05) is 0 Å². The minimum atomic E-state index is -3.87. The minimum absolute atomic E-state index is 0.139. The van der Waals surface area contributed by atoms with Crippen molar-refractivity contribution < 1.29 is 17.6 Å². The lowest BCUT2D eigenvalue weighted by molar-refractivity contribution is 0.248. The minimum Gasteiger partial charge on any atom is -0.405 e. The van der Waals surface area contributed by atoms with Crippen LogP contribution in [-0.4, -0.2) is 42.5 Å². The fourth-order valence-electron chi connectivity index (χ4n) is 4.75. The number of rotatable bonds is 7. The Morgan fingerprint density at radius 2 is 1.30 bits per heavy atom. The van der Waals surface area contributed by atoms with Gasteiger partial charge in [-0.1, -0.05) is 125 Å². The lowest BCUT2D eigenvalue weighted by Crippen LogP contribution is -2.67. The topological polar surface area (TPSA) is 55.9 Å². The van der Waals surface area contributed by atoms with Crippen LogP contribution in [0, 0.1) is 11.5 Å². The summed E-state index contributed by atoms with van der Waals surface area (Å²) >= 11 is 0. The Morgan fingerprint density at radius 1 is 0.838 bits per heavy atom. The van der Waals surface area contributed by atoms with E-state index in [1.807, 2.05) is 36.4 Å². The molecule has 194 valence electrons. The van der Waals surface area contributed by atoms with Crippen LogP contribution in [0.15, 0.2) is 95.9 Å². The van der Waals surface area contributed by atoms with E-state index in [9.17, 15) is 8.42 Å². The van der Waals surface area contributed by atoms with Crippen molar-refractivity contribution in [3.8, 4) is 11.5 Å². The van der Waals surface area contributed by atoms with Gasteiger partial charge in [0.05, 0.1) is 11.5 Å². The van der Waals surface area contributed by atoms with Gasteiger partial charge in [-0.15, -0.1) is 5.54 Å². The molecule has 37 heavy (non-hydrogen) atoms. The molecule has 3 aromatic carbocycles. The van der Waals surface area contributed by atoms with Crippen molar-refractivity contribution >= 4 is 36.6 Å². The van der Waals surface area contributed by atoms with Crippen molar-refractivity contribution in [1.29, 1.82) is 0 Å². The van der Waals surface area contributed by atoms with E-state index >= 15 is 0 Å². The van der Waals surface area contributed by atoms with E-state index in [0.717, 1.165) is 10.4 Å². The summed E-state index contributed by atoms with van der Waals surface area (Å²) in [5, 5.41) is 2.05. The highest BCUT2D eigenvalue weighted by molar-refractivity contribution is 7.93. The summed E-state index contributed by atoms with van der Waals surface area (Å²) in [5.74, 6) is 3.09. The third kappa shape index (κ3) is 5.27. The Kier molecular flexibility index (Phi) is 7.45. The largest absolute Gasteiger partial charge is 0.405 e. The van der Waals surface area contributed by atoms with Crippen molar-refractivity contribution in [2.24, 2.45) is 0 Å². The van der Waals surface area contributed by atoms with Crippen LogP contribution in [0.1, 0.15) is 20.8 Å². The second-order valence-corrected chi connectivity index (χ2v) is 22.7. The molecule has 3 aromatic rings. The molecule has 0 radical (unpaired) electrons. The van der Waals surface area contributed by atoms with Gasteiger partial charge in [0.25, 0.3) is 13.3 Å². The average molecular weight is 549 g/mol. The third-order valence-corrected chi connectivity index (χ3v) is 14.6. The van der Waals surface area contributed by atoms with Crippen LogP contribution in [-0.2, 0) is 19.0 Å². The maximum Gasteiger partial charge on any atom is 0.264 e. The SMILES string of the molecule is CC(C)(C)[Si](OC[C@H]1O[C@]1(C#C[Si](C)(C)C)S(=O)(=O)c1ccccc1)(c1ccccc1)c1ccccc1. The van der Waals surface area contributed by atoms with Crippen LogP contribution in [0.3, 0.4) is 0 Å². The summed E-state index contributed by atoms with van der Waals surface area (Å²) in [6.07, 6.45) is -0.678. The van der Waals surface area contributed by atoms with Gasteiger partial charge < -0.3 is 9.16 Å². The number of ether oxygens (including phenoxy) is 1. The third-order valence-electron chi connectivity index (χ3n) is 6.62. The van der Waals surface area contributed by atoms with Gasteiger partial charge in [0.1, 0.15) is 14.2 Å². The molecule has 1 aliphatic rings. The predicted octanol–water partition coefficient (Wildman–Crippen LogP) is 5.01. The predicted molar refractivity (Wildman–Crippen MR) is 156 cm³/mol. The molecule has 0 saturated carbocycles. The van der Waals surface area contributed by atoms with E-state index in [1.54, 1.807) is 30.3 Å². The molecule has 1 fully saturated rings. The maximum atomic E-state index is 13.8. The summed E-state index contributed by atoms with van der Waals surface area (Å²) in [6.45, 7) is 13.0. The Morgan fingerprint density at radius 3 is 1.73 bits per heavy atom. The molecule has 0 aromatic heterocycles. The molecule has 0 amide bonds. The van der Waals surface area contributed by atoms with Gasteiger partial charge in [-0.25, -0.2) is 8.42 Å². The molecule has 0 unspecified atom stereocenters. The maximum absolute atomic E-state index is 13.8. The fourth-order valence-corrected chi connectivity index (χ4v) is 11.7. The van der Waals surface area contributed by atoms with Gasteiger partial charge in [-0.05, 0) is 27.5 Å². The zero-order chi connectivity index (χ0) is 27.0. The fraction of sp³-hybridized carbons (Fsp3) is 0.333. The molecule has 4 nitrogen and oxygen atoms in total. The highest BCUT2D eigenvalue weighted by Crippen LogP contribution is 2.46. The van der Waals surface area contributed by atoms with Crippen molar-refractivity contribution in [2.75, 3.05) is 6.61 Å². The number of epoxide rings is 1. The Balaban J connectivity index is 1.77. The summed E-state index contributed by atoms with van der Waals surface area (Å²) in [7, 11) is -8.59. The Bertz CT molecular complexity index is 1340. The van der Waals surface area contributed by atoms with Crippen LogP contribution in [0.25, 0.3) is 0 Å². The van der Waals surface area contributed by atoms with E-state index in [0.29, 0.717) is 0 Å². The summed E-state index contributed by atoms with van der Waals surface area (Å²) in [4.78, 5) is -1.38. The van der Waals surface area contributed by atoms with E-state index in [1.165, 1.54) is 0 Å². The quantitative estimate of drug-likeness (QED) is 0.237. The summed E-state index contributed by atoms with van der Waals surface area (Å²) in [5.41, 5.74) is 3.26. The number of hydrogen-bond acceptors (Lipinski definition) is 4. The summed E-state index contributed by atoms with van der Waals surface area (Å²) in [6, 6.07) is 29.1. The molecule has 0 bridgehead atoms. The second kappa shape index (κ2) is 10.0. The standard InChI is InChI=1S/C30H36O4SSi2/c1-29(2,3)37(26-18-12-8-13-19-26,27-20-14-9-15-21-27)33-24-28-30(34-28,22-23-36(4,5)6)35(31,32)25-16-10-7-11-17-25/h7-21,28H,24H2,1-6H3/t28-,30-/m1/s1. The summed E-state index contributed by atoms with van der Waals surface area (Å²) < 4.78 is 40.8. The Labute approximate surface area is 224 Å². The molecular formula is C30H36O4SSi2. The molecular weight excluding hydrogens is 513 g/mol. The van der Waals surface area contributed by atoms with E-state index in [2.05, 4.69) is 76.1 Å². The van der Waals surface area contributed by atoms with Gasteiger partial charge in [0.2, 0.25) is 9.84 Å². The van der Waals surface area contributed by atoms with Gasteiger partial charge in [-0.3, -0.25) is 0 Å². The first-order valence-electron chi connectivity index (χ1n) is 12.6. The van der Waals surface area contributed by atoms with Crippen LogP contribution < -0.4 is 10.4 Å². The van der Waals surface area contributed by atoms with E-state index in [4.69, 9.17) is 9.16 Å². The molecule has 1 saturated heterocycles. The zero-order valence-electron chi connectivity index (χ0n) is 22.5. The molecule has 0 spiro atoms. The van der Waals surface area contributed by atoms with Crippen LogP contribution in [0.5, 0.6) is 0 Å². The van der Waals surface area contributed by atoms with E-state index < -0.39 is 37.3 Å². The molecule has 2 atom stereocenters. The molecule has 4 rings (SSSR count). The number of hydrogen-bond donors (Lipinski definition) is 0. The van der Waals surface area contributed by atoms with Crippen molar-refractivity contribution in [3.63, 3.8) is 0 Å². The van der Waals surface area contributed by atoms with Gasteiger partial charge in [0.15, 0.2) is 0 Å². The highest BCUT2D eigenvalue weighted by atomic mass is 32.2. The second-order valence-electron chi connectivity index (χ2n) is 11.6. The van der Waals surface area contributed by atoms with Crippen LogP contribution in [0.4, 0.5) is 0 Å². The normalized spacial score (nSPS) is 20.1. The molecule has 7 heteroatoms. The molecule has 0 N–H and O–H groups in total.